The summed E-state index contributed by atoms with van der Waals surface area (Å²) in [6.45, 7) is 13.6. The van der Waals surface area contributed by atoms with E-state index in [4.69, 9.17) is 0 Å². The molecule has 2 heterocycles. The van der Waals surface area contributed by atoms with Gasteiger partial charge in [-0.2, -0.15) is 5.10 Å². The maximum absolute atomic E-state index is 4.31. The van der Waals surface area contributed by atoms with Crippen molar-refractivity contribution in [3.8, 4) is 0 Å². The van der Waals surface area contributed by atoms with Crippen LogP contribution in [0.4, 0.5) is 5.82 Å². The lowest BCUT2D eigenvalue weighted by Crippen LogP contribution is -2.47. The standard InChI is InChI=1S/C15H25N3/c1-11(2)13-8-9-18(10-15(13,4)5)14-7-6-12(3)16-17-14/h6-7,11,13H,8-10H2,1-5H3/t13-/m0/s1. The molecule has 0 N–H and O–H groups in total. The second-order valence-electron chi connectivity index (χ2n) is 6.58. The molecular weight excluding hydrogens is 222 g/mol. The van der Waals surface area contributed by atoms with Gasteiger partial charge in [-0.25, -0.2) is 0 Å². The maximum atomic E-state index is 4.31. The summed E-state index contributed by atoms with van der Waals surface area (Å²) in [5.74, 6) is 2.58. The molecule has 1 aliphatic heterocycles. The second-order valence-corrected chi connectivity index (χ2v) is 6.58. The molecule has 1 fully saturated rings. The Labute approximate surface area is 111 Å². The van der Waals surface area contributed by atoms with Crippen LogP contribution in [0.2, 0.25) is 0 Å². The first-order valence-corrected chi connectivity index (χ1v) is 6.95. The molecule has 0 unspecified atom stereocenters. The van der Waals surface area contributed by atoms with Crippen molar-refractivity contribution in [2.75, 3.05) is 18.0 Å². The lowest BCUT2D eigenvalue weighted by molar-refractivity contribution is 0.127. The first-order valence-electron chi connectivity index (χ1n) is 6.95. The van der Waals surface area contributed by atoms with Crippen LogP contribution in [-0.2, 0) is 0 Å². The van der Waals surface area contributed by atoms with Gasteiger partial charge < -0.3 is 4.90 Å². The molecule has 0 aromatic carbocycles. The van der Waals surface area contributed by atoms with Gasteiger partial charge in [-0.3, -0.25) is 0 Å². The highest BCUT2D eigenvalue weighted by molar-refractivity contribution is 5.38. The van der Waals surface area contributed by atoms with Gasteiger partial charge in [0.2, 0.25) is 0 Å². The minimum atomic E-state index is 0.346. The van der Waals surface area contributed by atoms with Crippen molar-refractivity contribution in [2.45, 2.75) is 41.0 Å². The summed E-state index contributed by atoms with van der Waals surface area (Å²) in [4.78, 5) is 2.38. The molecule has 3 nitrogen and oxygen atoms in total. The Kier molecular flexibility index (Phi) is 3.60. The molecule has 1 saturated heterocycles. The average molecular weight is 247 g/mol. The van der Waals surface area contributed by atoms with Crippen LogP contribution in [0.3, 0.4) is 0 Å². The minimum Gasteiger partial charge on any atom is -0.355 e. The van der Waals surface area contributed by atoms with E-state index in [1.807, 2.05) is 13.0 Å². The molecule has 2 rings (SSSR count). The number of nitrogens with zero attached hydrogens (tertiary/aromatic N) is 3. The first kappa shape index (κ1) is 13.3. The molecule has 0 amide bonds. The summed E-state index contributed by atoms with van der Waals surface area (Å²) in [7, 11) is 0. The Morgan fingerprint density at radius 1 is 1.28 bits per heavy atom. The number of rotatable bonds is 2. The molecule has 1 aliphatic rings. The van der Waals surface area contributed by atoms with E-state index < -0.39 is 0 Å². The smallest absolute Gasteiger partial charge is 0.151 e. The largest absolute Gasteiger partial charge is 0.355 e. The van der Waals surface area contributed by atoms with Gasteiger partial charge in [0.1, 0.15) is 0 Å². The van der Waals surface area contributed by atoms with Gasteiger partial charge in [0, 0.05) is 13.1 Å². The summed E-state index contributed by atoms with van der Waals surface area (Å²) >= 11 is 0. The summed E-state index contributed by atoms with van der Waals surface area (Å²) in [6, 6.07) is 4.14. The van der Waals surface area contributed by atoms with E-state index in [0.29, 0.717) is 5.41 Å². The Hall–Kier alpha value is -1.12. The molecule has 0 bridgehead atoms. The summed E-state index contributed by atoms with van der Waals surface area (Å²) in [5, 5.41) is 8.48. The van der Waals surface area contributed by atoms with Crippen LogP contribution in [0.15, 0.2) is 12.1 Å². The van der Waals surface area contributed by atoms with Crippen molar-refractivity contribution in [3.05, 3.63) is 17.8 Å². The Balaban J connectivity index is 2.13. The zero-order valence-electron chi connectivity index (χ0n) is 12.3. The molecule has 0 saturated carbocycles. The third-order valence-electron chi connectivity index (χ3n) is 4.22. The first-order chi connectivity index (χ1) is 8.40. The Morgan fingerprint density at radius 3 is 2.50 bits per heavy atom. The average Bonchev–Trinajstić information content (AvgIpc) is 2.28. The normalized spacial score (nSPS) is 23.4. The number of hydrogen-bond donors (Lipinski definition) is 0. The molecule has 1 aromatic rings. The molecular formula is C15H25N3. The monoisotopic (exact) mass is 247 g/mol. The highest BCUT2D eigenvalue weighted by Gasteiger charge is 2.37. The highest BCUT2D eigenvalue weighted by atomic mass is 15.3. The van der Waals surface area contributed by atoms with E-state index in [0.717, 1.165) is 36.4 Å². The van der Waals surface area contributed by atoms with Crippen LogP contribution in [0.1, 0.15) is 39.8 Å². The summed E-state index contributed by atoms with van der Waals surface area (Å²) in [6.07, 6.45) is 1.25. The molecule has 18 heavy (non-hydrogen) atoms. The fourth-order valence-electron chi connectivity index (χ4n) is 3.37. The number of piperidine rings is 1. The Morgan fingerprint density at radius 2 is 2.00 bits per heavy atom. The molecule has 0 aliphatic carbocycles. The minimum absolute atomic E-state index is 0.346. The van der Waals surface area contributed by atoms with E-state index in [1.54, 1.807) is 0 Å². The number of aryl methyl sites for hydroxylation is 1. The molecule has 0 radical (unpaired) electrons. The predicted molar refractivity (Wildman–Crippen MR) is 75.7 cm³/mol. The van der Waals surface area contributed by atoms with Crippen LogP contribution in [-0.4, -0.2) is 23.3 Å². The Bertz CT molecular complexity index is 395. The maximum Gasteiger partial charge on any atom is 0.151 e. The van der Waals surface area contributed by atoms with E-state index in [-0.39, 0.29) is 0 Å². The van der Waals surface area contributed by atoms with Crippen LogP contribution < -0.4 is 4.90 Å². The lowest BCUT2D eigenvalue weighted by atomic mass is 9.69. The van der Waals surface area contributed by atoms with Crippen molar-refractivity contribution < 1.29 is 0 Å². The van der Waals surface area contributed by atoms with E-state index in [1.165, 1.54) is 6.42 Å². The zero-order valence-corrected chi connectivity index (χ0v) is 12.3. The van der Waals surface area contributed by atoms with Crippen LogP contribution in [0.25, 0.3) is 0 Å². The highest BCUT2D eigenvalue weighted by Crippen LogP contribution is 2.40. The molecule has 3 heteroatoms. The van der Waals surface area contributed by atoms with Crippen molar-refractivity contribution in [3.63, 3.8) is 0 Å². The topological polar surface area (TPSA) is 29.0 Å². The fourth-order valence-corrected chi connectivity index (χ4v) is 3.37. The van der Waals surface area contributed by atoms with Crippen molar-refractivity contribution in [2.24, 2.45) is 17.3 Å². The van der Waals surface area contributed by atoms with Crippen molar-refractivity contribution in [1.29, 1.82) is 0 Å². The number of aromatic nitrogens is 2. The van der Waals surface area contributed by atoms with Crippen molar-refractivity contribution >= 4 is 5.82 Å². The van der Waals surface area contributed by atoms with Crippen LogP contribution in [0.5, 0.6) is 0 Å². The number of hydrogen-bond acceptors (Lipinski definition) is 3. The number of anilines is 1. The van der Waals surface area contributed by atoms with E-state index >= 15 is 0 Å². The third-order valence-corrected chi connectivity index (χ3v) is 4.22. The molecule has 1 atom stereocenters. The predicted octanol–water partition coefficient (Wildman–Crippen LogP) is 3.29. The van der Waals surface area contributed by atoms with Gasteiger partial charge in [0.15, 0.2) is 5.82 Å². The lowest BCUT2D eigenvalue weighted by Gasteiger charge is -2.46. The zero-order chi connectivity index (χ0) is 13.3. The van der Waals surface area contributed by atoms with Crippen LogP contribution >= 0.6 is 0 Å². The van der Waals surface area contributed by atoms with Gasteiger partial charge in [-0.05, 0) is 42.7 Å². The molecule has 1 aromatic heterocycles. The van der Waals surface area contributed by atoms with Gasteiger partial charge in [-0.1, -0.05) is 27.7 Å². The summed E-state index contributed by atoms with van der Waals surface area (Å²) < 4.78 is 0. The van der Waals surface area contributed by atoms with Gasteiger partial charge in [-0.15, -0.1) is 5.10 Å². The molecule has 0 spiro atoms. The van der Waals surface area contributed by atoms with Gasteiger partial charge in [0.05, 0.1) is 5.69 Å². The van der Waals surface area contributed by atoms with Crippen molar-refractivity contribution in [1.82, 2.24) is 10.2 Å². The van der Waals surface area contributed by atoms with E-state index in [9.17, 15) is 0 Å². The molecule has 100 valence electrons. The third kappa shape index (κ3) is 2.65. The fraction of sp³-hybridized carbons (Fsp3) is 0.733. The second kappa shape index (κ2) is 4.87. The van der Waals surface area contributed by atoms with Gasteiger partial charge >= 0.3 is 0 Å². The van der Waals surface area contributed by atoms with E-state index in [2.05, 4.69) is 48.9 Å². The summed E-state index contributed by atoms with van der Waals surface area (Å²) in [5.41, 5.74) is 1.33. The SMILES string of the molecule is Cc1ccc(N2CC[C@@H](C(C)C)C(C)(C)C2)nn1. The van der Waals surface area contributed by atoms with Crippen LogP contribution in [0, 0.1) is 24.2 Å². The van der Waals surface area contributed by atoms with Gasteiger partial charge in [0.25, 0.3) is 0 Å². The quantitative estimate of drug-likeness (QED) is 0.803.